The van der Waals surface area contributed by atoms with Crippen LogP contribution in [0.3, 0.4) is 0 Å². The Morgan fingerprint density at radius 2 is 1.37 bits per heavy atom. The number of carbonyl (C=O) groups excluding carboxylic acids is 1. The molecule has 0 atom stereocenters. The van der Waals surface area contributed by atoms with E-state index in [2.05, 4.69) is 43.1 Å². The van der Waals surface area contributed by atoms with Crippen molar-refractivity contribution in [3.05, 3.63) is 64.7 Å². The summed E-state index contributed by atoms with van der Waals surface area (Å²) in [5.41, 5.74) is 6.09. The van der Waals surface area contributed by atoms with Gasteiger partial charge >= 0.3 is 0 Å². The highest BCUT2D eigenvalue weighted by Gasteiger charge is 2.16. The predicted molar refractivity (Wildman–Crippen MR) is 131 cm³/mol. The second kappa shape index (κ2) is 12.4. The molecule has 0 bridgehead atoms. The summed E-state index contributed by atoms with van der Waals surface area (Å²) < 4.78 is 0. The van der Waals surface area contributed by atoms with Crippen molar-refractivity contribution in [1.29, 1.82) is 0 Å². The molecule has 0 heterocycles. The molecule has 166 valence electrons. The standard InChI is InChI=1S/C13H19NO.C8H10.C6H12O/c1-9(2)14-12-7-6-11(8-10(12)3)13(4,5)15;1-7-3-5-8(2)6-4-7;1-6(2,3)4-5-7/h6-8,15H,1-5H3;3-6H,1-2H3;5H,4H2,1-3H3. The molecule has 2 aromatic rings. The number of carbonyl (C=O) groups is 1. The number of rotatable bonds is 3. The molecule has 0 radical (unpaired) electrons. The highest BCUT2D eigenvalue weighted by Crippen LogP contribution is 2.26. The maximum absolute atomic E-state index is 9.85. The number of nitrogens with zero attached hydrogens (tertiary/aromatic N) is 1. The average Bonchev–Trinajstić information content (AvgIpc) is 2.58. The number of aliphatic imine (C=N–C) groups is 1. The Labute approximate surface area is 184 Å². The van der Waals surface area contributed by atoms with Gasteiger partial charge in [0.15, 0.2) is 0 Å². The van der Waals surface area contributed by atoms with Crippen LogP contribution in [0.5, 0.6) is 0 Å². The fourth-order valence-electron chi connectivity index (χ4n) is 2.29. The molecule has 2 rings (SSSR count). The molecule has 1 N–H and O–H groups in total. The van der Waals surface area contributed by atoms with Gasteiger partial charge in [-0.25, -0.2) is 0 Å². The molecule has 0 saturated heterocycles. The number of aliphatic hydroxyl groups is 1. The monoisotopic (exact) mass is 411 g/mol. The van der Waals surface area contributed by atoms with Gasteiger partial charge in [-0.05, 0) is 71.1 Å². The van der Waals surface area contributed by atoms with Crippen LogP contribution in [0.2, 0.25) is 0 Å². The molecule has 0 unspecified atom stereocenters. The van der Waals surface area contributed by atoms with Crippen LogP contribution in [0.25, 0.3) is 0 Å². The summed E-state index contributed by atoms with van der Waals surface area (Å²) in [5, 5.41) is 9.85. The summed E-state index contributed by atoms with van der Waals surface area (Å²) in [5.74, 6) is 0. The van der Waals surface area contributed by atoms with Crippen LogP contribution >= 0.6 is 0 Å². The van der Waals surface area contributed by atoms with Gasteiger partial charge in [-0.15, -0.1) is 0 Å². The van der Waals surface area contributed by atoms with Crippen LogP contribution in [0.15, 0.2) is 47.5 Å². The van der Waals surface area contributed by atoms with Crippen molar-refractivity contribution in [1.82, 2.24) is 0 Å². The first-order valence-electron chi connectivity index (χ1n) is 10.5. The lowest BCUT2D eigenvalue weighted by atomic mass is 9.93. The lowest BCUT2D eigenvalue weighted by Crippen LogP contribution is -2.15. The fraction of sp³-hybridized carbons (Fsp3) is 0.481. The van der Waals surface area contributed by atoms with Gasteiger partial charge in [0.25, 0.3) is 0 Å². The third-order valence-electron chi connectivity index (χ3n) is 4.16. The molecule has 0 amide bonds. The normalized spacial score (nSPS) is 10.8. The largest absolute Gasteiger partial charge is 0.386 e. The number of aldehydes is 1. The van der Waals surface area contributed by atoms with Crippen molar-refractivity contribution in [3.8, 4) is 0 Å². The summed E-state index contributed by atoms with van der Waals surface area (Å²) in [6.45, 7) is 19.9. The van der Waals surface area contributed by atoms with E-state index in [-0.39, 0.29) is 5.41 Å². The minimum Gasteiger partial charge on any atom is -0.386 e. The first-order valence-corrected chi connectivity index (χ1v) is 10.5. The number of hydrogen-bond acceptors (Lipinski definition) is 3. The molecule has 2 aromatic carbocycles. The van der Waals surface area contributed by atoms with Crippen molar-refractivity contribution in [2.75, 3.05) is 0 Å². The van der Waals surface area contributed by atoms with E-state index in [0.29, 0.717) is 6.42 Å². The molecule has 3 nitrogen and oxygen atoms in total. The molecule has 0 aromatic heterocycles. The molecular formula is C27H41NO2. The van der Waals surface area contributed by atoms with Crippen LogP contribution in [-0.4, -0.2) is 17.1 Å². The van der Waals surface area contributed by atoms with E-state index >= 15 is 0 Å². The first-order chi connectivity index (χ1) is 13.7. The van der Waals surface area contributed by atoms with E-state index in [1.807, 2.05) is 59.7 Å². The second-order valence-electron chi connectivity index (χ2n) is 9.71. The van der Waals surface area contributed by atoms with E-state index in [1.54, 1.807) is 13.8 Å². The minimum absolute atomic E-state index is 0.182. The number of benzene rings is 2. The zero-order chi connectivity index (χ0) is 23.5. The topological polar surface area (TPSA) is 49.7 Å². The van der Waals surface area contributed by atoms with Gasteiger partial charge < -0.3 is 9.90 Å². The van der Waals surface area contributed by atoms with E-state index in [4.69, 9.17) is 0 Å². The lowest BCUT2D eigenvalue weighted by molar-refractivity contribution is -0.109. The summed E-state index contributed by atoms with van der Waals surface area (Å²) in [4.78, 5) is 14.2. The van der Waals surface area contributed by atoms with Crippen molar-refractivity contribution in [3.63, 3.8) is 0 Å². The number of aryl methyl sites for hydroxylation is 3. The summed E-state index contributed by atoms with van der Waals surface area (Å²) in [7, 11) is 0. The van der Waals surface area contributed by atoms with Crippen LogP contribution < -0.4 is 0 Å². The van der Waals surface area contributed by atoms with Crippen LogP contribution in [0.1, 0.15) is 77.1 Å². The molecule has 30 heavy (non-hydrogen) atoms. The minimum atomic E-state index is -0.783. The van der Waals surface area contributed by atoms with Gasteiger partial charge in [0.05, 0.1) is 11.3 Å². The predicted octanol–water partition coefficient (Wildman–Crippen LogP) is 7.26. The molecule has 0 spiro atoms. The molecule has 0 aliphatic heterocycles. The Bertz CT molecular complexity index is 779. The summed E-state index contributed by atoms with van der Waals surface area (Å²) >= 11 is 0. The Kier molecular flexibility index (Phi) is 11.5. The van der Waals surface area contributed by atoms with Crippen molar-refractivity contribution >= 4 is 17.7 Å². The SMILES string of the molecule is CC(C)(C)CC=O.CC(C)=Nc1ccc(C(C)(C)O)cc1C.Cc1ccc(C)cc1. The lowest BCUT2D eigenvalue weighted by Gasteiger charge is -2.18. The van der Waals surface area contributed by atoms with Crippen molar-refractivity contribution < 1.29 is 9.90 Å². The Balaban J connectivity index is 0.000000471. The van der Waals surface area contributed by atoms with Gasteiger partial charge in [0, 0.05) is 12.1 Å². The van der Waals surface area contributed by atoms with Gasteiger partial charge in [-0.2, -0.15) is 0 Å². The van der Waals surface area contributed by atoms with E-state index in [9.17, 15) is 9.90 Å². The second-order valence-corrected chi connectivity index (χ2v) is 9.71. The highest BCUT2D eigenvalue weighted by atomic mass is 16.3. The third kappa shape index (κ3) is 13.1. The smallest absolute Gasteiger partial charge is 0.120 e. The van der Waals surface area contributed by atoms with Gasteiger partial charge in [0.2, 0.25) is 0 Å². The Morgan fingerprint density at radius 3 is 1.63 bits per heavy atom. The van der Waals surface area contributed by atoms with E-state index in [0.717, 1.165) is 28.8 Å². The van der Waals surface area contributed by atoms with Crippen LogP contribution in [0.4, 0.5) is 5.69 Å². The third-order valence-corrected chi connectivity index (χ3v) is 4.16. The van der Waals surface area contributed by atoms with Gasteiger partial charge in [0.1, 0.15) is 6.29 Å². The van der Waals surface area contributed by atoms with Crippen LogP contribution in [0, 0.1) is 26.2 Å². The summed E-state index contributed by atoms with van der Waals surface area (Å²) in [6.07, 6.45) is 1.62. The zero-order valence-electron chi connectivity index (χ0n) is 20.6. The van der Waals surface area contributed by atoms with Crippen molar-refractivity contribution in [2.45, 2.75) is 81.3 Å². The average molecular weight is 412 g/mol. The number of hydrogen-bond donors (Lipinski definition) is 1. The van der Waals surface area contributed by atoms with Gasteiger partial charge in [-0.1, -0.05) is 68.3 Å². The van der Waals surface area contributed by atoms with Gasteiger partial charge in [-0.3, -0.25) is 4.99 Å². The van der Waals surface area contributed by atoms with Crippen molar-refractivity contribution in [2.24, 2.45) is 10.4 Å². The Hall–Kier alpha value is -2.26. The van der Waals surface area contributed by atoms with E-state index < -0.39 is 5.60 Å². The zero-order valence-corrected chi connectivity index (χ0v) is 20.6. The molecule has 0 saturated carbocycles. The Morgan fingerprint density at radius 1 is 0.900 bits per heavy atom. The molecule has 0 aliphatic carbocycles. The first kappa shape index (κ1) is 27.7. The molecular weight excluding hydrogens is 370 g/mol. The molecule has 0 fully saturated rings. The molecule has 0 aliphatic rings. The van der Waals surface area contributed by atoms with Crippen LogP contribution in [-0.2, 0) is 10.4 Å². The maximum atomic E-state index is 9.85. The summed E-state index contributed by atoms with van der Waals surface area (Å²) in [6, 6.07) is 14.3. The maximum Gasteiger partial charge on any atom is 0.120 e. The van der Waals surface area contributed by atoms with E-state index in [1.165, 1.54) is 11.1 Å². The highest BCUT2D eigenvalue weighted by molar-refractivity contribution is 5.82. The molecule has 3 heteroatoms. The quantitative estimate of drug-likeness (QED) is 0.427. The fourth-order valence-corrected chi connectivity index (χ4v) is 2.29.